The van der Waals surface area contributed by atoms with Crippen LogP contribution in [0.3, 0.4) is 0 Å². The SMILES string of the molecule is CC/C=C\C/C=C\C/C=C\C/C=C\C/C=C\C/C=C\CCCCCCC(=O)OC(COC(=O)CCCCCCC/C=C\CCC)COC(=O)CCCCCCCCCCCCCCCC/C=C\C/C=C\C/C=C\C/C=C\CC. The predicted octanol–water partition coefficient (Wildman–Crippen LogP) is 22.2. The van der Waals surface area contributed by atoms with Crippen LogP contribution in [0.4, 0.5) is 0 Å². The molecule has 0 radical (unpaired) electrons. The van der Waals surface area contributed by atoms with E-state index in [1.807, 2.05) is 0 Å². The van der Waals surface area contributed by atoms with E-state index < -0.39 is 6.10 Å². The molecule has 0 aliphatic rings. The lowest BCUT2D eigenvalue weighted by Gasteiger charge is -2.18. The lowest BCUT2D eigenvalue weighted by Crippen LogP contribution is -2.30. The molecule has 6 nitrogen and oxygen atoms in total. The van der Waals surface area contributed by atoms with Crippen LogP contribution in [0, 0.1) is 0 Å². The van der Waals surface area contributed by atoms with Crippen LogP contribution in [0.1, 0.15) is 284 Å². The molecule has 442 valence electrons. The van der Waals surface area contributed by atoms with Crippen molar-refractivity contribution in [1.29, 1.82) is 0 Å². The summed E-state index contributed by atoms with van der Waals surface area (Å²) in [5, 5.41) is 0. The molecule has 0 aliphatic carbocycles. The number of carbonyl (C=O) groups excluding carboxylic acids is 3. The number of unbranched alkanes of at least 4 members (excludes halogenated alkanes) is 24. The minimum Gasteiger partial charge on any atom is -0.462 e. The smallest absolute Gasteiger partial charge is 0.306 e. The first-order valence-electron chi connectivity index (χ1n) is 32.2. The molecule has 0 amide bonds. The van der Waals surface area contributed by atoms with E-state index in [9.17, 15) is 14.4 Å². The number of ether oxygens (including phenoxy) is 3. The number of carbonyl (C=O) groups is 3. The Morgan fingerprint density at radius 1 is 0.269 bits per heavy atom. The average Bonchev–Trinajstić information content (AvgIpc) is 3.44. The first kappa shape index (κ1) is 73.5. The highest BCUT2D eigenvalue weighted by Crippen LogP contribution is 2.16. The molecule has 1 unspecified atom stereocenters. The number of hydrogen-bond donors (Lipinski definition) is 0. The lowest BCUT2D eigenvalue weighted by molar-refractivity contribution is -0.167. The summed E-state index contributed by atoms with van der Waals surface area (Å²) in [6.45, 7) is 6.33. The third-order valence-corrected chi connectivity index (χ3v) is 13.4. The van der Waals surface area contributed by atoms with Gasteiger partial charge in [-0.05, 0) is 128 Å². The lowest BCUT2D eigenvalue weighted by atomic mass is 10.0. The Morgan fingerprint density at radius 3 is 0.795 bits per heavy atom. The molecule has 0 saturated heterocycles. The van der Waals surface area contributed by atoms with Gasteiger partial charge < -0.3 is 14.2 Å². The number of hydrogen-bond acceptors (Lipinski definition) is 6. The van der Waals surface area contributed by atoms with Gasteiger partial charge in [-0.1, -0.05) is 270 Å². The summed E-state index contributed by atoms with van der Waals surface area (Å²) in [4.78, 5) is 38.2. The van der Waals surface area contributed by atoms with Crippen molar-refractivity contribution in [1.82, 2.24) is 0 Å². The van der Waals surface area contributed by atoms with Crippen LogP contribution in [0.5, 0.6) is 0 Å². The van der Waals surface area contributed by atoms with Gasteiger partial charge in [-0.15, -0.1) is 0 Å². The second kappa shape index (κ2) is 65.1. The molecule has 0 aromatic heterocycles. The fourth-order valence-corrected chi connectivity index (χ4v) is 8.62. The van der Waals surface area contributed by atoms with Crippen molar-refractivity contribution < 1.29 is 28.6 Å². The molecule has 0 aliphatic heterocycles. The molecule has 0 aromatic carbocycles. The van der Waals surface area contributed by atoms with E-state index in [4.69, 9.17) is 14.2 Å². The van der Waals surface area contributed by atoms with Crippen molar-refractivity contribution >= 4 is 17.9 Å². The molecule has 0 heterocycles. The van der Waals surface area contributed by atoms with E-state index in [0.717, 1.165) is 154 Å². The largest absolute Gasteiger partial charge is 0.462 e. The Morgan fingerprint density at radius 2 is 0.500 bits per heavy atom. The Labute approximate surface area is 481 Å². The Balaban J connectivity index is 4.29. The van der Waals surface area contributed by atoms with Crippen molar-refractivity contribution in [3.8, 4) is 0 Å². The Kier molecular flexibility index (Phi) is 61.4. The minimum absolute atomic E-state index is 0.0941. The first-order chi connectivity index (χ1) is 38.5. The maximum absolute atomic E-state index is 12.9. The predicted molar refractivity (Wildman–Crippen MR) is 339 cm³/mol. The van der Waals surface area contributed by atoms with Gasteiger partial charge in [0.25, 0.3) is 0 Å². The number of allylic oxidation sites excluding steroid dienone is 22. The normalized spacial score (nSPS) is 13.0. The van der Waals surface area contributed by atoms with Crippen molar-refractivity contribution in [2.24, 2.45) is 0 Å². The standard InChI is InChI=1S/C72H118O6/c1-4-7-10-13-16-19-22-24-26-28-30-32-34-35-36-37-39-40-42-44-46-48-50-53-56-59-62-65-71(74)77-68-69(67-76-70(73)64-61-58-55-52-21-18-15-12-9-6-3)78-72(75)66-63-60-57-54-51-49-47-45-43-41-38-33-31-29-27-25-23-20-17-14-11-8-5-2/h7-8,10-12,15-17,19-20,24-27,30-33,41,43,47,49,69H,4-6,9,13-14,18,21-23,28-29,34-40,42,44-46,48,50-68H2,1-3H3/b10-7-,11-8-,15-12-,19-16-,20-17-,26-24-,27-25-,32-30-,33-31-,43-41-,49-47-. The molecule has 0 bridgehead atoms. The van der Waals surface area contributed by atoms with Gasteiger partial charge in [-0.2, -0.15) is 0 Å². The molecule has 0 fully saturated rings. The van der Waals surface area contributed by atoms with Gasteiger partial charge in [0.15, 0.2) is 6.10 Å². The zero-order valence-electron chi connectivity index (χ0n) is 50.6. The van der Waals surface area contributed by atoms with E-state index in [0.29, 0.717) is 19.3 Å². The molecule has 0 N–H and O–H groups in total. The maximum atomic E-state index is 12.9. The summed E-state index contributed by atoms with van der Waals surface area (Å²) in [7, 11) is 0. The van der Waals surface area contributed by atoms with Gasteiger partial charge in [-0.25, -0.2) is 0 Å². The molecule has 6 heteroatoms. The van der Waals surface area contributed by atoms with Crippen LogP contribution in [-0.2, 0) is 28.6 Å². The van der Waals surface area contributed by atoms with Gasteiger partial charge in [0.1, 0.15) is 13.2 Å². The Hall–Kier alpha value is -4.45. The number of rotatable bonds is 57. The second-order valence-corrected chi connectivity index (χ2v) is 20.9. The zero-order valence-corrected chi connectivity index (χ0v) is 50.6. The van der Waals surface area contributed by atoms with Gasteiger partial charge in [-0.3, -0.25) is 14.4 Å². The summed E-state index contributed by atoms with van der Waals surface area (Å²) < 4.78 is 16.9. The molecule has 0 aromatic rings. The molecule has 0 rings (SSSR count). The van der Waals surface area contributed by atoms with E-state index >= 15 is 0 Å². The molecule has 0 saturated carbocycles. The van der Waals surface area contributed by atoms with Crippen molar-refractivity contribution in [3.05, 3.63) is 134 Å². The highest BCUT2D eigenvalue weighted by Gasteiger charge is 2.19. The van der Waals surface area contributed by atoms with E-state index in [1.165, 1.54) is 89.9 Å². The average molecular weight is 1080 g/mol. The highest BCUT2D eigenvalue weighted by molar-refractivity contribution is 5.71. The quantitative estimate of drug-likeness (QED) is 0.0261. The Bertz CT molecular complexity index is 1670. The van der Waals surface area contributed by atoms with Crippen LogP contribution in [0.2, 0.25) is 0 Å². The third-order valence-electron chi connectivity index (χ3n) is 13.4. The molecule has 78 heavy (non-hydrogen) atoms. The maximum Gasteiger partial charge on any atom is 0.306 e. The number of esters is 3. The minimum atomic E-state index is -0.800. The summed E-state index contributed by atoms with van der Waals surface area (Å²) >= 11 is 0. The summed E-state index contributed by atoms with van der Waals surface area (Å²) in [6.07, 6.45) is 91.8. The third kappa shape index (κ3) is 62.4. The fourth-order valence-electron chi connectivity index (χ4n) is 8.62. The summed E-state index contributed by atoms with van der Waals surface area (Å²) in [5.41, 5.74) is 0. The van der Waals surface area contributed by atoms with Crippen LogP contribution in [0.25, 0.3) is 0 Å². The monoisotopic (exact) mass is 1080 g/mol. The fraction of sp³-hybridized carbons (Fsp3) is 0.653. The zero-order chi connectivity index (χ0) is 56.4. The molecule has 1 atom stereocenters. The van der Waals surface area contributed by atoms with Crippen molar-refractivity contribution in [2.75, 3.05) is 13.2 Å². The first-order valence-corrected chi connectivity index (χ1v) is 32.2. The topological polar surface area (TPSA) is 78.9 Å². The molecular formula is C72H118O6. The van der Waals surface area contributed by atoms with Crippen molar-refractivity contribution in [3.63, 3.8) is 0 Å². The van der Waals surface area contributed by atoms with Crippen LogP contribution in [-0.4, -0.2) is 37.2 Å². The molecular weight excluding hydrogens is 961 g/mol. The van der Waals surface area contributed by atoms with Crippen LogP contribution >= 0.6 is 0 Å². The summed E-state index contributed by atoms with van der Waals surface area (Å²) in [5.74, 6) is -0.929. The van der Waals surface area contributed by atoms with Crippen LogP contribution < -0.4 is 0 Å². The second-order valence-electron chi connectivity index (χ2n) is 20.9. The van der Waals surface area contributed by atoms with E-state index in [1.54, 1.807) is 0 Å². The van der Waals surface area contributed by atoms with Gasteiger partial charge in [0.2, 0.25) is 0 Å². The van der Waals surface area contributed by atoms with Crippen LogP contribution in [0.15, 0.2) is 134 Å². The molecule has 0 spiro atoms. The van der Waals surface area contributed by atoms with Gasteiger partial charge in [0.05, 0.1) is 0 Å². The van der Waals surface area contributed by atoms with Crippen molar-refractivity contribution in [2.45, 2.75) is 290 Å². The highest BCUT2D eigenvalue weighted by atomic mass is 16.6. The van der Waals surface area contributed by atoms with Gasteiger partial charge in [0, 0.05) is 19.3 Å². The summed E-state index contributed by atoms with van der Waals surface area (Å²) in [6, 6.07) is 0. The van der Waals surface area contributed by atoms with E-state index in [2.05, 4.69) is 154 Å². The van der Waals surface area contributed by atoms with Gasteiger partial charge >= 0.3 is 17.9 Å². The van der Waals surface area contributed by atoms with E-state index in [-0.39, 0.29) is 31.1 Å².